The van der Waals surface area contributed by atoms with Gasteiger partial charge in [0.15, 0.2) is 0 Å². The van der Waals surface area contributed by atoms with Crippen molar-refractivity contribution in [3.05, 3.63) is 29.3 Å². The predicted octanol–water partition coefficient (Wildman–Crippen LogP) is 1.96. The maximum Gasteiger partial charge on any atom is 0.306 e. The number of hydrogen-bond donors (Lipinski definition) is 1. The van der Waals surface area contributed by atoms with E-state index in [1.807, 2.05) is 0 Å². The molecule has 0 aromatic heterocycles. The van der Waals surface area contributed by atoms with Crippen LogP contribution >= 0.6 is 0 Å². The number of benzene rings is 1. The molecule has 144 valence electrons. The number of carboxylic acid groups (broad SMARTS) is 1. The molecule has 1 aliphatic rings. The van der Waals surface area contributed by atoms with Crippen molar-refractivity contribution < 1.29 is 23.1 Å². The molecule has 1 saturated heterocycles. The van der Waals surface area contributed by atoms with Gasteiger partial charge in [0, 0.05) is 31.7 Å². The Balaban J connectivity index is 2.27. The fourth-order valence-electron chi connectivity index (χ4n) is 3.23. The Bertz CT molecular complexity index is 779. The number of carbonyl (C=O) groups is 2. The number of hydrogen-bond acceptors (Lipinski definition) is 4. The lowest BCUT2D eigenvalue weighted by Crippen LogP contribution is -2.40. The first-order chi connectivity index (χ1) is 12.2. The highest BCUT2D eigenvalue weighted by molar-refractivity contribution is 7.89. The van der Waals surface area contributed by atoms with E-state index >= 15 is 0 Å². The van der Waals surface area contributed by atoms with Gasteiger partial charge in [0.2, 0.25) is 10.0 Å². The molecular weight excluding hydrogens is 356 g/mol. The van der Waals surface area contributed by atoms with Crippen LogP contribution in [0.25, 0.3) is 0 Å². The minimum atomic E-state index is -3.65. The summed E-state index contributed by atoms with van der Waals surface area (Å²) in [6, 6.07) is 4.71. The van der Waals surface area contributed by atoms with Gasteiger partial charge < -0.3 is 10.0 Å². The van der Waals surface area contributed by atoms with Gasteiger partial charge in [-0.25, -0.2) is 8.42 Å². The molecule has 7 nitrogen and oxygen atoms in total. The maximum atomic E-state index is 12.8. The van der Waals surface area contributed by atoms with E-state index < -0.39 is 21.9 Å². The van der Waals surface area contributed by atoms with Crippen LogP contribution in [0.1, 0.15) is 42.6 Å². The fraction of sp³-hybridized carbons (Fsp3) is 0.556. The first-order valence-electron chi connectivity index (χ1n) is 8.85. The summed E-state index contributed by atoms with van der Waals surface area (Å²) in [6.07, 6.45) is 0.828. The first kappa shape index (κ1) is 20.4. The van der Waals surface area contributed by atoms with Crippen LogP contribution in [-0.2, 0) is 14.8 Å². The molecule has 1 aromatic rings. The van der Waals surface area contributed by atoms with Gasteiger partial charge in [-0.1, -0.05) is 19.9 Å². The summed E-state index contributed by atoms with van der Waals surface area (Å²) in [5.74, 6) is -1.51. The maximum absolute atomic E-state index is 12.8. The van der Waals surface area contributed by atoms with Gasteiger partial charge in [0.05, 0.1) is 10.8 Å². The highest BCUT2D eigenvalue weighted by Gasteiger charge is 2.29. The van der Waals surface area contributed by atoms with E-state index in [9.17, 15) is 18.0 Å². The number of sulfonamides is 1. The van der Waals surface area contributed by atoms with Crippen LogP contribution in [0.4, 0.5) is 0 Å². The van der Waals surface area contributed by atoms with E-state index in [-0.39, 0.29) is 10.8 Å². The molecule has 0 spiro atoms. The molecule has 1 heterocycles. The van der Waals surface area contributed by atoms with Gasteiger partial charge in [-0.15, -0.1) is 0 Å². The van der Waals surface area contributed by atoms with E-state index in [1.165, 1.54) is 10.4 Å². The summed E-state index contributed by atoms with van der Waals surface area (Å²) in [4.78, 5) is 25.5. The zero-order chi connectivity index (χ0) is 19.5. The Morgan fingerprint density at radius 1 is 1.19 bits per heavy atom. The van der Waals surface area contributed by atoms with Crippen LogP contribution in [0.5, 0.6) is 0 Å². The first-order valence-corrected chi connectivity index (χ1v) is 10.3. The summed E-state index contributed by atoms with van der Waals surface area (Å²) >= 11 is 0. The van der Waals surface area contributed by atoms with Crippen molar-refractivity contribution in [1.82, 2.24) is 9.21 Å². The van der Waals surface area contributed by atoms with Crippen molar-refractivity contribution in [1.29, 1.82) is 0 Å². The standard InChI is InChI=1S/C18H26N2O5S/c1-4-20(5-2)26(24,25)16-12-15(7-6-13(16)3)17(21)19-10-8-14(9-11-19)18(22)23/h6-7,12,14H,4-5,8-11H2,1-3H3,(H,22,23). The van der Waals surface area contributed by atoms with Crippen molar-refractivity contribution in [2.24, 2.45) is 5.92 Å². The molecule has 1 amide bonds. The molecule has 0 aliphatic carbocycles. The van der Waals surface area contributed by atoms with Crippen LogP contribution in [0.15, 0.2) is 23.1 Å². The SMILES string of the molecule is CCN(CC)S(=O)(=O)c1cc(C(=O)N2CCC(C(=O)O)CC2)ccc1C. The molecule has 0 saturated carbocycles. The van der Waals surface area contributed by atoms with Crippen molar-refractivity contribution in [3.8, 4) is 0 Å². The quantitative estimate of drug-likeness (QED) is 0.811. The van der Waals surface area contributed by atoms with Crippen molar-refractivity contribution in [2.45, 2.75) is 38.5 Å². The van der Waals surface area contributed by atoms with Gasteiger partial charge >= 0.3 is 5.97 Å². The van der Waals surface area contributed by atoms with E-state index in [2.05, 4.69) is 0 Å². The molecule has 1 fully saturated rings. The van der Waals surface area contributed by atoms with Gasteiger partial charge in [0.1, 0.15) is 0 Å². The number of likely N-dealkylation sites (tertiary alicyclic amines) is 1. The summed E-state index contributed by atoms with van der Waals surface area (Å²) in [5, 5.41) is 9.06. The third-order valence-electron chi connectivity index (χ3n) is 4.89. The smallest absolute Gasteiger partial charge is 0.306 e. The van der Waals surface area contributed by atoms with Crippen LogP contribution in [-0.4, -0.2) is 60.8 Å². The lowest BCUT2D eigenvalue weighted by atomic mass is 9.96. The summed E-state index contributed by atoms with van der Waals surface area (Å²) in [7, 11) is -3.65. The zero-order valence-corrected chi connectivity index (χ0v) is 16.3. The second-order valence-corrected chi connectivity index (χ2v) is 8.38. The van der Waals surface area contributed by atoms with Crippen LogP contribution in [0.3, 0.4) is 0 Å². The number of aryl methyl sites for hydroxylation is 1. The normalized spacial score (nSPS) is 16.1. The van der Waals surface area contributed by atoms with E-state index in [0.29, 0.717) is 50.1 Å². The Kier molecular flexibility index (Phi) is 6.41. The molecule has 0 unspecified atom stereocenters. The number of nitrogens with zero attached hydrogens (tertiary/aromatic N) is 2. The second kappa shape index (κ2) is 8.18. The highest BCUT2D eigenvalue weighted by Crippen LogP contribution is 2.24. The average Bonchev–Trinajstić information content (AvgIpc) is 2.62. The minimum Gasteiger partial charge on any atom is -0.481 e. The van der Waals surface area contributed by atoms with E-state index in [0.717, 1.165) is 0 Å². The molecule has 0 atom stereocenters. The fourth-order valence-corrected chi connectivity index (χ4v) is 4.93. The molecule has 1 N–H and O–H groups in total. The molecular formula is C18H26N2O5S. The molecule has 26 heavy (non-hydrogen) atoms. The van der Waals surface area contributed by atoms with Gasteiger partial charge in [-0.2, -0.15) is 4.31 Å². The molecule has 1 aromatic carbocycles. The summed E-state index contributed by atoms with van der Waals surface area (Å²) in [5.41, 5.74) is 0.910. The van der Waals surface area contributed by atoms with E-state index in [1.54, 1.807) is 37.8 Å². The molecule has 8 heteroatoms. The van der Waals surface area contributed by atoms with Crippen LogP contribution in [0, 0.1) is 12.8 Å². The summed E-state index contributed by atoms with van der Waals surface area (Å²) < 4.78 is 27.0. The highest BCUT2D eigenvalue weighted by atomic mass is 32.2. The van der Waals surface area contributed by atoms with Gasteiger partial charge in [-0.05, 0) is 37.5 Å². The van der Waals surface area contributed by atoms with Gasteiger partial charge in [0.25, 0.3) is 5.91 Å². The number of amides is 1. The number of aliphatic carboxylic acids is 1. The van der Waals surface area contributed by atoms with Crippen molar-refractivity contribution in [2.75, 3.05) is 26.2 Å². The Hall–Kier alpha value is -1.93. The van der Waals surface area contributed by atoms with Crippen LogP contribution < -0.4 is 0 Å². The van der Waals surface area contributed by atoms with Crippen molar-refractivity contribution >= 4 is 21.9 Å². The lowest BCUT2D eigenvalue weighted by Gasteiger charge is -2.30. The Labute approximate surface area is 154 Å². The summed E-state index contributed by atoms with van der Waals surface area (Å²) in [6.45, 7) is 6.71. The Morgan fingerprint density at radius 2 is 1.77 bits per heavy atom. The lowest BCUT2D eigenvalue weighted by molar-refractivity contribution is -0.143. The monoisotopic (exact) mass is 382 g/mol. The molecule has 2 rings (SSSR count). The zero-order valence-electron chi connectivity index (χ0n) is 15.4. The third kappa shape index (κ3) is 4.07. The number of carbonyl (C=O) groups excluding carboxylic acids is 1. The topological polar surface area (TPSA) is 95.0 Å². The number of piperidine rings is 1. The second-order valence-electron chi connectivity index (χ2n) is 6.47. The number of carboxylic acids is 1. The minimum absolute atomic E-state index is 0.146. The van der Waals surface area contributed by atoms with Crippen LogP contribution in [0.2, 0.25) is 0 Å². The molecule has 1 aliphatic heterocycles. The predicted molar refractivity (Wildman–Crippen MR) is 97.5 cm³/mol. The van der Waals surface area contributed by atoms with Crippen molar-refractivity contribution in [3.63, 3.8) is 0 Å². The molecule has 0 bridgehead atoms. The largest absolute Gasteiger partial charge is 0.481 e. The van der Waals surface area contributed by atoms with E-state index in [4.69, 9.17) is 5.11 Å². The molecule has 0 radical (unpaired) electrons. The van der Waals surface area contributed by atoms with Gasteiger partial charge in [-0.3, -0.25) is 9.59 Å². The Morgan fingerprint density at radius 3 is 2.27 bits per heavy atom. The third-order valence-corrected chi connectivity index (χ3v) is 7.08. The number of rotatable bonds is 6. The average molecular weight is 382 g/mol.